The molecule has 0 spiro atoms. The van der Waals surface area contributed by atoms with Crippen molar-refractivity contribution in [2.75, 3.05) is 9.80 Å². The Kier molecular flexibility index (Phi) is 10.5. The van der Waals surface area contributed by atoms with Crippen LogP contribution < -0.4 is 30.5 Å². The minimum Gasteiger partial charge on any atom is -0.311 e. The van der Waals surface area contributed by atoms with E-state index in [2.05, 4.69) is 312 Å². The van der Waals surface area contributed by atoms with Crippen molar-refractivity contribution in [1.29, 1.82) is 0 Å². The van der Waals surface area contributed by atoms with Gasteiger partial charge in [-0.2, -0.15) is 0 Å². The van der Waals surface area contributed by atoms with Crippen LogP contribution in [0.2, 0.25) is 0 Å². The third-order valence-electron chi connectivity index (χ3n) is 15.2. The highest BCUT2D eigenvalue weighted by Gasteiger charge is 2.49. The Labute approximate surface area is 432 Å². The summed E-state index contributed by atoms with van der Waals surface area (Å²) in [6.07, 6.45) is 0. The number of anilines is 6. The highest BCUT2D eigenvalue weighted by atomic mass is 28.3. The fraction of sp³-hybridized carbons (Fsp3) is 0. The fourth-order valence-corrected chi connectivity index (χ4v) is 17.1. The van der Waals surface area contributed by atoms with Crippen LogP contribution in [0, 0.1) is 0 Å². The van der Waals surface area contributed by atoms with Gasteiger partial charge < -0.3 is 14.4 Å². The van der Waals surface area contributed by atoms with Crippen molar-refractivity contribution in [3.05, 3.63) is 297 Å². The Bertz CT molecular complexity index is 4070. The molecule has 0 N–H and O–H groups in total. The van der Waals surface area contributed by atoms with Crippen molar-refractivity contribution < 1.29 is 0 Å². The largest absolute Gasteiger partial charge is 0.311 e. The van der Waals surface area contributed by atoms with E-state index >= 15 is 0 Å². The van der Waals surface area contributed by atoms with Crippen LogP contribution in [-0.4, -0.2) is 12.6 Å². The van der Waals surface area contributed by atoms with E-state index in [0.717, 1.165) is 28.4 Å². The lowest BCUT2D eigenvalue weighted by Crippen LogP contribution is -2.77. The Balaban J connectivity index is 0.908. The maximum Gasteiger partial charge on any atom is 0.184 e. The molecule has 0 radical (unpaired) electrons. The van der Waals surface area contributed by atoms with Gasteiger partial charge in [-0.1, -0.05) is 212 Å². The quantitative estimate of drug-likeness (QED) is 0.134. The molecule has 12 aromatic carbocycles. The Morgan fingerprint density at radius 1 is 0.297 bits per heavy atom. The number of aromatic nitrogens is 1. The van der Waals surface area contributed by atoms with Gasteiger partial charge in [0.15, 0.2) is 8.07 Å². The lowest BCUT2D eigenvalue weighted by molar-refractivity contribution is 1.17. The maximum absolute atomic E-state index is 2.88. The summed E-state index contributed by atoms with van der Waals surface area (Å²) in [6, 6.07) is 110. The van der Waals surface area contributed by atoms with Crippen LogP contribution in [0.15, 0.2) is 297 Å². The van der Waals surface area contributed by atoms with Crippen molar-refractivity contribution in [3.8, 4) is 27.9 Å². The predicted octanol–water partition coefficient (Wildman–Crippen LogP) is 15.9. The molecule has 0 saturated carbocycles. The van der Waals surface area contributed by atoms with Gasteiger partial charge in [-0.3, -0.25) is 0 Å². The third kappa shape index (κ3) is 7.02. The van der Waals surface area contributed by atoms with Crippen molar-refractivity contribution in [2.24, 2.45) is 0 Å². The second kappa shape index (κ2) is 18.0. The number of hydrogen-bond acceptors (Lipinski definition) is 2. The Morgan fingerprint density at radius 2 is 0.770 bits per heavy atom. The van der Waals surface area contributed by atoms with Crippen molar-refractivity contribution in [1.82, 2.24) is 4.57 Å². The zero-order valence-corrected chi connectivity index (χ0v) is 41.6. The van der Waals surface area contributed by atoms with E-state index in [1.807, 2.05) is 0 Å². The summed E-state index contributed by atoms with van der Waals surface area (Å²) in [7, 11) is -2.88. The van der Waals surface area contributed by atoms with E-state index in [0.29, 0.717) is 0 Å². The summed E-state index contributed by atoms with van der Waals surface area (Å²) in [6.45, 7) is 0. The highest BCUT2D eigenvalue weighted by molar-refractivity contribution is 7.21. The smallest absolute Gasteiger partial charge is 0.184 e. The number of benzene rings is 12. The first-order chi connectivity index (χ1) is 36.7. The van der Waals surface area contributed by atoms with Crippen LogP contribution in [0.3, 0.4) is 0 Å². The van der Waals surface area contributed by atoms with Gasteiger partial charge in [0.05, 0.1) is 11.0 Å². The van der Waals surface area contributed by atoms with Crippen molar-refractivity contribution in [3.63, 3.8) is 0 Å². The van der Waals surface area contributed by atoms with Gasteiger partial charge in [-0.05, 0) is 139 Å². The summed E-state index contributed by atoms with van der Waals surface area (Å²) < 4.78 is 2.38. The average Bonchev–Trinajstić information content (AvgIpc) is 3.82. The van der Waals surface area contributed by atoms with E-state index in [4.69, 9.17) is 0 Å². The number of para-hydroxylation sites is 4. The van der Waals surface area contributed by atoms with Crippen LogP contribution >= 0.6 is 0 Å². The zero-order chi connectivity index (χ0) is 49.0. The molecule has 348 valence electrons. The Morgan fingerprint density at radius 3 is 1.41 bits per heavy atom. The third-order valence-corrected chi connectivity index (χ3v) is 20.1. The van der Waals surface area contributed by atoms with Gasteiger partial charge in [0, 0.05) is 50.6 Å². The topological polar surface area (TPSA) is 11.4 Å². The minimum absolute atomic E-state index is 1.08. The molecular formula is C70H49N3Si. The van der Waals surface area contributed by atoms with Crippen LogP contribution in [0.1, 0.15) is 0 Å². The molecule has 3 nitrogen and oxygen atoms in total. The number of fused-ring (bicyclic) bond motifs is 6. The molecular weight excluding hydrogens is 911 g/mol. The summed E-state index contributed by atoms with van der Waals surface area (Å²) in [5.74, 6) is 0. The van der Waals surface area contributed by atoms with Gasteiger partial charge in [-0.25, -0.2) is 0 Å². The summed E-state index contributed by atoms with van der Waals surface area (Å²) in [4.78, 5) is 4.86. The molecule has 4 heteroatoms. The SMILES string of the molecule is c1ccc(N2c3ccccc3[Si](c3ccccc3)(c3ccccc3)c3cc(-c4ccc(N(c5ccc(-c6cccc7ccccc67)cc5)c5ccc(-n6c7ccccc7c7ccccc76)cc5)cc4)ccc32)cc1. The van der Waals surface area contributed by atoms with E-state index in [1.165, 1.54) is 87.0 Å². The molecule has 0 saturated heterocycles. The van der Waals surface area contributed by atoms with E-state index in [1.54, 1.807) is 0 Å². The van der Waals surface area contributed by atoms with Gasteiger partial charge in [0.25, 0.3) is 0 Å². The number of hydrogen-bond donors (Lipinski definition) is 0. The second-order valence-electron chi connectivity index (χ2n) is 19.2. The monoisotopic (exact) mass is 959 g/mol. The molecule has 0 unspecified atom stereocenters. The summed E-state index contributed by atoms with van der Waals surface area (Å²) >= 11 is 0. The molecule has 1 aromatic heterocycles. The Hall–Kier alpha value is -9.48. The summed E-state index contributed by atoms with van der Waals surface area (Å²) in [5, 5.41) is 10.5. The zero-order valence-electron chi connectivity index (χ0n) is 40.6. The lowest BCUT2D eigenvalue weighted by atomic mass is 9.98. The number of rotatable bonds is 9. The van der Waals surface area contributed by atoms with E-state index in [-0.39, 0.29) is 0 Å². The molecule has 2 heterocycles. The van der Waals surface area contributed by atoms with E-state index in [9.17, 15) is 0 Å². The van der Waals surface area contributed by atoms with E-state index < -0.39 is 8.07 Å². The molecule has 0 atom stereocenters. The average molecular weight is 960 g/mol. The maximum atomic E-state index is 2.51. The predicted molar refractivity (Wildman–Crippen MR) is 316 cm³/mol. The van der Waals surface area contributed by atoms with Crippen LogP contribution in [-0.2, 0) is 0 Å². The van der Waals surface area contributed by atoms with Gasteiger partial charge in [0.1, 0.15) is 0 Å². The minimum atomic E-state index is -2.88. The normalized spacial score (nSPS) is 12.7. The molecule has 0 bridgehead atoms. The van der Waals surface area contributed by atoms with Crippen LogP contribution in [0.25, 0.3) is 60.5 Å². The molecule has 74 heavy (non-hydrogen) atoms. The second-order valence-corrected chi connectivity index (χ2v) is 23.0. The molecule has 13 aromatic rings. The van der Waals surface area contributed by atoms with Gasteiger partial charge in [-0.15, -0.1) is 0 Å². The van der Waals surface area contributed by atoms with Crippen LogP contribution in [0.4, 0.5) is 34.1 Å². The standard InChI is InChI=1S/C70H49N3Si/c1-4-21-54(22-5-1)73-67-33-16-17-34-69(67)74(59-23-6-2-7-24-59,60-25-8-3-9-26-60)70-49-53(39-48-68(70)73)50-35-40-55(41-36-50)71(56-42-37-52(38-43-56)62-30-18-20-51-19-10-11-27-61(51)62)57-44-46-58(47-45-57)72-65-31-14-12-28-63(65)64-29-13-15-32-66(64)72/h1-49H. The summed E-state index contributed by atoms with van der Waals surface area (Å²) in [5.41, 5.74) is 15.1. The van der Waals surface area contributed by atoms with Crippen molar-refractivity contribution in [2.45, 2.75) is 0 Å². The molecule has 1 aliphatic rings. The highest BCUT2D eigenvalue weighted by Crippen LogP contribution is 2.42. The van der Waals surface area contributed by atoms with Crippen molar-refractivity contribution >= 4 is 95.5 Å². The molecule has 0 amide bonds. The first-order valence-corrected chi connectivity index (χ1v) is 27.5. The first kappa shape index (κ1) is 43.3. The van der Waals surface area contributed by atoms with Crippen LogP contribution in [0.5, 0.6) is 0 Å². The molecule has 0 aliphatic carbocycles. The van der Waals surface area contributed by atoms with Gasteiger partial charge >= 0.3 is 0 Å². The van der Waals surface area contributed by atoms with Gasteiger partial charge in [0.2, 0.25) is 0 Å². The fourth-order valence-electron chi connectivity index (χ4n) is 12.0. The number of nitrogens with zero attached hydrogens (tertiary/aromatic N) is 3. The lowest BCUT2D eigenvalue weighted by Gasteiger charge is -2.45. The molecule has 14 rings (SSSR count). The molecule has 1 aliphatic heterocycles. The first-order valence-electron chi connectivity index (χ1n) is 25.5. The molecule has 0 fully saturated rings.